The predicted molar refractivity (Wildman–Crippen MR) is 65.2 cm³/mol. The van der Waals surface area contributed by atoms with Gasteiger partial charge < -0.3 is 14.7 Å². The number of nitro groups is 1. The first kappa shape index (κ1) is 13.8. The van der Waals surface area contributed by atoms with Crippen molar-refractivity contribution in [3.8, 4) is 5.75 Å². The molecule has 0 fully saturated rings. The molecule has 0 aliphatic heterocycles. The van der Waals surface area contributed by atoms with Gasteiger partial charge in [-0.3, -0.25) is 14.9 Å². The highest BCUT2D eigenvalue weighted by atomic mass is 16.6. The molecule has 0 aliphatic carbocycles. The third kappa shape index (κ3) is 3.09. The normalized spacial score (nSPS) is 9.89. The number of benzene rings is 1. The van der Waals surface area contributed by atoms with Crippen molar-refractivity contribution in [2.24, 2.45) is 0 Å². The van der Waals surface area contributed by atoms with Crippen molar-refractivity contribution in [2.45, 2.75) is 6.92 Å². The van der Waals surface area contributed by atoms with Crippen LogP contribution in [0.15, 0.2) is 18.2 Å². The fourth-order valence-electron chi connectivity index (χ4n) is 1.57. The molecule has 0 bridgehead atoms. The first-order chi connectivity index (χ1) is 8.49. The molecule has 0 unspecified atom stereocenters. The van der Waals surface area contributed by atoms with E-state index in [9.17, 15) is 14.9 Å². The molecule has 0 aromatic heterocycles. The number of methoxy groups -OCH3 is 1. The Balaban J connectivity index is 3.20. The van der Waals surface area contributed by atoms with Crippen LogP contribution in [0.3, 0.4) is 0 Å². The van der Waals surface area contributed by atoms with E-state index in [1.54, 1.807) is 13.0 Å². The van der Waals surface area contributed by atoms with E-state index in [1.165, 1.54) is 24.1 Å². The highest BCUT2D eigenvalue weighted by Gasteiger charge is 2.21. The second kappa shape index (κ2) is 5.85. The van der Waals surface area contributed by atoms with Gasteiger partial charge in [0.25, 0.3) is 5.69 Å². The lowest BCUT2D eigenvalue weighted by molar-refractivity contribution is -0.384. The summed E-state index contributed by atoms with van der Waals surface area (Å²) in [6.45, 7) is 1.81. The van der Waals surface area contributed by atoms with Crippen LogP contribution in [0.25, 0.3) is 0 Å². The van der Waals surface area contributed by atoms with Crippen LogP contribution in [0.1, 0.15) is 6.92 Å². The maximum atomic E-state index is 11.0. The lowest BCUT2D eigenvalue weighted by Crippen LogP contribution is -2.29. The van der Waals surface area contributed by atoms with Gasteiger partial charge in [-0.1, -0.05) is 0 Å². The number of hydrogen-bond acceptors (Lipinski definition) is 5. The van der Waals surface area contributed by atoms with Gasteiger partial charge >= 0.3 is 5.97 Å². The maximum absolute atomic E-state index is 11.0. The summed E-state index contributed by atoms with van der Waals surface area (Å²) in [4.78, 5) is 22.5. The maximum Gasteiger partial charge on any atom is 0.323 e. The Bertz CT molecular complexity index is 461. The number of hydrogen-bond donors (Lipinski definition) is 1. The van der Waals surface area contributed by atoms with Crippen LogP contribution in [0.5, 0.6) is 5.75 Å². The molecule has 18 heavy (non-hydrogen) atoms. The number of likely N-dealkylation sites (N-methyl/N-ethyl adjacent to an activating group) is 1. The molecule has 0 saturated carbocycles. The number of rotatable bonds is 6. The van der Waals surface area contributed by atoms with Gasteiger partial charge in [-0.25, -0.2) is 0 Å². The number of carboxylic acid groups (broad SMARTS) is 1. The summed E-state index contributed by atoms with van der Waals surface area (Å²) in [5, 5.41) is 19.7. The van der Waals surface area contributed by atoms with Gasteiger partial charge in [-0.15, -0.1) is 0 Å². The van der Waals surface area contributed by atoms with E-state index in [1.807, 2.05) is 0 Å². The zero-order chi connectivity index (χ0) is 13.7. The summed E-state index contributed by atoms with van der Waals surface area (Å²) in [7, 11) is 1.41. The van der Waals surface area contributed by atoms with Gasteiger partial charge in [0.1, 0.15) is 18.0 Å². The van der Waals surface area contributed by atoms with Crippen molar-refractivity contribution in [2.75, 3.05) is 25.1 Å². The van der Waals surface area contributed by atoms with E-state index < -0.39 is 10.9 Å². The summed E-state index contributed by atoms with van der Waals surface area (Å²) in [5.41, 5.74) is 0.100. The van der Waals surface area contributed by atoms with Crippen molar-refractivity contribution in [1.29, 1.82) is 0 Å². The van der Waals surface area contributed by atoms with Crippen LogP contribution in [0.2, 0.25) is 0 Å². The highest BCUT2D eigenvalue weighted by molar-refractivity contribution is 5.76. The van der Waals surface area contributed by atoms with E-state index >= 15 is 0 Å². The second-order valence-corrected chi connectivity index (χ2v) is 3.52. The fourth-order valence-corrected chi connectivity index (χ4v) is 1.57. The minimum absolute atomic E-state index is 0.169. The largest absolute Gasteiger partial charge is 0.496 e. The Kier molecular flexibility index (Phi) is 4.47. The van der Waals surface area contributed by atoms with Gasteiger partial charge in [-0.05, 0) is 19.1 Å². The molecular formula is C11H14N2O5. The number of anilines is 1. The van der Waals surface area contributed by atoms with Crippen LogP contribution in [0, 0.1) is 10.1 Å². The van der Waals surface area contributed by atoms with Gasteiger partial charge in [0.15, 0.2) is 0 Å². The number of carbonyl (C=O) groups is 1. The van der Waals surface area contributed by atoms with Crippen molar-refractivity contribution in [3.63, 3.8) is 0 Å². The summed E-state index contributed by atoms with van der Waals surface area (Å²) in [6, 6.07) is 4.33. The molecule has 1 rings (SSSR count). The Labute approximate surface area is 104 Å². The van der Waals surface area contributed by atoms with E-state index in [4.69, 9.17) is 9.84 Å². The minimum Gasteiger partial charge on any atom is -0.496 e. The number of nitro benzene ring substituents is 1. The lowest BCUT2D eigenvalue weighted by atomic mass is 10.2. The van der Waals surface area contributed by atoms with Gasteiger partial charge in [0.2, 0.25) is 0 Å². The molecule has 98 valence electrons. The average Bonchev–Trinajstić information content (AvgIpc) is 2.34. The average molecular weight is 254 g/mol. The predicted octanol–water partition coefficient (Wildman–Crippen LogP) is 1.51. The number of nitrogens with zero attached hydrogens (tertiary/aromatic N) is 2. The number of ether oxygens (including phenoxy) is 1. The van der Waals surface area contributed by atoms with E-state index in [0.29, 0.717) is 12.3 Å². The molecule has 0 amide bonds. The summed E-state index contributed by atoms with van der Waals surface area (Å²) in [6.07, 6.45) is 0. The summed E-state index contributed by atoms with van der Waals surface area (Å²) in [5.74, 6) is -0.682. The molecule has 0 heterocycles. The second-order valence-electron chi connectivity index (χ2n) is 3.52. The van der Waals surface area contributed by atoms with Crippen LogP contribution in [-0.4, -0.2) is 36.2 Å². The van der Waals surface area contributed by atoms with Crippen LogP contribution < -0.4 is 9.64 Å². The molecule has 1 aromatic rings. The monoisotopic (exact) mass is 254 g/mol. The van der Waals surface area contributed by atoms with Gasteiger partial charge in [0, 0.05) is 6.54 Å². The quantitative estimate of drug-likeness (QED) is 0.611. The zero-order valence-corrected chi connectivity index (χ0v) is 10.1. The van der Waals surface area contributed by atoms with Gasteiger partial charge in [0.05, 0.1) is 18.1 Å². The molecule has 7 nitrogen and oxygen atoms in total. The van der Waals surface area contributed by atoms with E-state index in [2.05, 4.69) is 0 Å². The van der Waals surface area contributed by atoms with Crippen molar-refractivity contribution in [3.05, 3.63) is 28.3 Å². The SMILES string of the molecule is CCN(CC(=O)O)c1ccc(OC)cc1[N+](=O)[O-]. The molecule has 0 saturated heterocycles. The van der Waals surface area contributed by atoms with Crippen molar-refractivity contribution < 1.29 is 19.6 Å². The number of carboxylic acids is 1. The molecule has 0 atom stereocenters. The third-order valence-corrected chi connectivity index (χ3v) is 2.43. The zero-order valence-electron chi connectivity index (χ0n) is 10.1. The lowest BCUT2D eigenvalue weighted by Gasteiger charge is -2.20. The Morgan fingerprint density at radius 3 is 2.67 bits per heavy atom. The highest BCUT2D eigenvalue weighted by Crippen LogP contribution is 2.31. The molecule has 1 aromatic carbocycles. The topological polar surface area (TPSA) is 92.9 Å². The fraction of sp³-hybridized carbons (Fsp3) is 0.364. The smallest absolute Gasteiger partial charge is 0.323 e. The van der Waals surface area contributed by atoms with Crippen LogP contribution in [-0.2, 0) is 4.79 Å². The van der Waals surface area contributed by atoms with E-state index in [0.717, 1.165) is 0 Å². The standard InChI is InChI=1S/C11H14N2O5/c1-3-12(7-11(14)15)9-5-4-8(18-2)6-10(9)13(16)17/h4-6H,3,7H2,1-2H3,(H,14,15). The molecule has 0 spiro atoms. The molecule has 0 aliphatic rings. The molecular weight excluding hydrogens is 240 g/mol. The van der Waals surface area contributed by atoms with Crippen molar-refractivity contribution in [1.82, 2.24) is 0 Å². The Morgan fingerprint density at radius 1 is 1.56 bits per heavy atom. The van der Waals surface area contributed by atoms with E-state index in [-0.39, 0.29) is 17.9 Å². The first-order valence-electron chi connectivity index (χ1n) is 5.28. The van der Waals surface area contributed by atoms with Crippen molar-refractivity contribution >= 4 is 17.3 Å². The summed E-state index contributed by atoms with van der Waals surface area (Å²) >= 11 is 0. The molecule has 1 N–H and O–H groups in total. The Morgan fingerprint density at radius 2 is 2.22 bits per heavy atom. The van der Waals surface area contributed by atoms with Crippen LogP contribution >= 0.6 is 0 Å². The van der Waals surface area contributed by atoms with Crippen LogP contribution in [0.4, 0.5) is 11.4 Å². The summed E-state index contributed by atoms with van der Waals surface area (Å²) < 4.78 is 4.92. The Hall–Kier alpha value is -2.31. The third-order valence-electron chi connectivity index (χ3n) is 2.43. The minimum atomic E-state index is -1.04. The molecule has 0 radical (unpaired) electrons. The first-order valence-corrected chi connectivity index (χ1v) is 5.28. The number of aliphatic carboxylic acids is 1. The molecule has 7 heteroatoms. The van der Waals surface area contributed by atoms with Gasteiger partial charge in [-0.2, -0.15) is 0 Å².